The third kappa shape index (κ3) is 3.45. The van der Waals surface area contributed by atoms with Crippen molar-refractivity contribution >= 4 is 0 Å². The van der Waals surface area contributed by atoms with Crippen molar-refractivity contribution in [2.45, 2.75) is 39.0 Å². The number of rotatable bonds is 3. The summed E-state index contributed by atoms with van der Waals surface area (Å²) in [7, 11) is 0. The molecule has 0 saturated heterocycles. The zero-order valence-electron chi connectivity index (χ0n) is 7.47. The smallest absolute Gasteiger partial charge is 0.0169 e. The highest BCUT2D eigenvalue weighted by atomic mass is 14.8. The molecule has 1 fully saturated rings. The third-order valence-corrected chi connectivity index (χ3v) is 2.42. The van der Waals surface area contributed by atoms with Gasteiger partial charge in [0.15, 0.2) is 0 Å². The zero-order chi connectivity index (χ0) is 7.94. The van der Waals surface area contributed by atoms with Gasteiger partial charge in [0.2, 0.25) is 0 Å². The Morgan fingerprint density at radius 2 is 2.09 bits per heavy atom. The Kier molecular flexibility index (Phi) is 4.10. The average molecular weight is 155 g/mol. The predicted octanol–water partition coefficient (Wildman–Crippen LogP) is 2.94. The van der Waals surface area contributed by atoms with E-state index in [1.54, 1.807) is 0 Å². The van der Waals surface area contributed by atoms with E-state index in [1.165, 1.54) is 38.6 Å². The Labute approximate surface area is 71.4 Å². The fourth-order valence-corrected chi connectivity index (χ4v) is 1.74. The molecule has 0 amide bonds. The summed E-state index contributed by atoms with van der Waals surface area (Å²) in [5.41, 5.74) is 0. The molecule has 0 aromatic carbocycles. The summed E-state index contributed by atoms with van der Waals surface area (Å²) in [4.78, 5) is 0. The van der Waals surface area contributed by atoms with E-state index in [0.29, 0.717) is 0 Å². The molecule has 0 spiro atoms. The second-order valence-electron chi connectivity index (χ2n) is 3.41. The van der Waals surface area contributed by atoms with Gasteiger partial charge in [0.1, 0.15) is 0 Å². The molecule has 66 valence electrons. The van der Waals surface area contributed by atoms with Crippen LogP contribution in [-0.2, 0) is 0 Å². The highest BCUT2D eigenvalue weighted by molar-refractivity contribution is 4.77. The minimum atomic E-state index is 0. The lowest BCUT2D eigenvalue weighted by molar-refractivity contribution is 0.353. The van der Waals surface area contributed by atoms with Crippen molar-refractivity contribution in [2.24, 2.45) is 5.92 Å². The van der Waals surface area contributed by atoms with Crippen LogP contribution in [0.25, 0.3) is 0 Å². The maximum Gasteiger partial charge on any atom is 0.0169 e. The molecule has 11 heavy (non-hydrogen) atoms. The van der Waals surface area contributed by atoms with E-state index in [9.17, 15) is 0 Å². The molecule has 0 bridgehead atoms. The number of nitrogens with one attached hydrogen (secondary N) is 1. The molecular formula is C10H21N. The van der Waals surface area contributed by atoms with Crippen molar-refractivity contribution in [1.29, 1.82) is 0 Å². The molecule has 1 aliphatic rings. The Morgan fingerprint density at radius 1 is 1.36 bits per heavy atom. The molecule has 1 N–H and O–H groups in total. The molecule has 0 aliphatic heterocycles. The molecule has 0 atom stereocenters. The molecule has 0 aromatic rings. The molecule has 0 aromatic heterocycles. The van der Waals surface area contributed by atoms with Gasteiger partial charge in [-0.1, -0.05) is 25.3 Å². The van der Waals surface area contributed by atoms with Crippen LogP contribution in [0.1, 0.15) is 40.5 Å². The summed E-state index contributed by atoms with van der Waals surface area (Å²) in [5.74, 6) is 0.944. The topological polar surface area (TPSA) is 12.0 Å². The average Bonchev–Trinajstić information content (AvgIpc) is 2.07. The van der Waals surface area contributed by atoms with Crippen LogP contribution in [0.4, 0.5) is 0 Å². The standard InChI is InChI=1S/C10H19N.H2/c1-2-8-11-9-10-6-4-3-5-7-10;/h2,8,10-11H,3-7,9H2,1H3;1H/b8-2+;. The van der Waals surface area contributed by atoms with Crippen molar-refractivity contribution in [3.05, 3.63) is 12.3 Å². The minimum absolute atomic E-state index is 0. The van der Waals surface area contributed by atoms with E-state index in [0.717, 1.165) is 5.92 Å². The minimum Gasteiger partial charge on any atom is -0.391 e. The molecule has 1 heteroatoms. The monoisotopic (exact) mass is 155 g/mol. The van der Waals surface area contributed by atoms with Gasteiger partial charge < -0.3 is 5.32 Å². The van der Waals surface area contributed by atoms with Crippen molar-refractivity contribution in [2.75, 3.05) is 6.54 Å². The lowest BCUT2D eigenvalue weighted by Gasteiger charge is -2.21. The van der Waals surface area contributed by atoms with Gasteiger partial charge in [0, 0.05) is 7.97 Å². The van der Waals surface area contributed by atoms with E-state index < -0.39 is 0 Å². The normalized spacial score (nSPS) is 20.8. The van der Waals surface area contributed by atoms with E-state index in [2.05, 4.69) is 17.6 Å². The Hall–Kier alpha value is -0.460. The van der Waals surface area contributed by atoms with Crippen LogP contribution in [0.2, 0.25) is 0 Å². The molecule has 1 aliphatic carbocycles. The molecule has 0 radical (unpaired) electrons. The van der Waals surface area contributed by atoms with Crippen LogP contribution in [-0.4, -0.2) is 6.54 Å². The number of hydrogen-bond acceptors (Lipinski definition) is 1. The van der Waals surface area contributed by atoms with Gasteiger partial charge >= 0.3 is 0 Å². The van der Waals surface area contributed by atoms with Crippen molar-refractivity contribution in [3.8, 4) is 0 Å². The van der Waals surface area contributed by atoms with Crippen molar-refractivity contribution in [3.63, 3.8) is 0 Å². The van der Waals surface area contributed by atoms with Crippen LogP contribution < -0.4 is 5.32 Å². The van der Waals surface area contributed by atoms with Gasteiger partial charge in [-0.25, -0.2) is 0 Å². The van der Waals surface area contributed by atoms with Gasteiger partial charge in [0.05, 0.1) is 0 Å². The first-order chi connectivity index (χ1) is 5.43. The summed E-state index contributed by atoms with van der Waals surface area (Å²) in [6, 6.07) is 0. The van der Waals surface area contributed by atoms with E-state index in [1.807, 2.05) is 6.92 Å². The van der Waals surface area contributed by atoms with E-state index in [4.69, 9.17) is 0 Å². The van der Waals surface area contributed by atoms with Crippen molar-refractivity contribution in [1.82, 2.24) is 5.32 Å². The molecular weight excluding hydrogens is 134 g/mol. The largest absolute Gasteiger partial charge is 0.391 e. The van der Waals surface area contributed by atoms with Gasteiger partial charge in [-0.15, -0.1) is 0 Å². The van der Waals surface area contributed by atoms with E-state index >= 15 is 0 Å². The second kappa shape index (κ2) is 5.22. The second-order valence-corrected chi connectivity index (χ2v) is 3.41. The lowest BCUT2D eigenvalue weighted by atomic mass is 9.89. The maximum atomic E-state index is 3.32. The Morgan fingerprint density at radius 3 is 2.73 bits per heavy atom. The Balaban J connectivity index is 0.00000121. The molecule has 1 rings (SSSR count). The van der Waals surface area contributed by atoms with Gasteiger partial charge in [-0.05, 0) is 31.9 Å². The first-order valence-corrected chi connectivity index (χ1v) is 4.78. The van der Waals surface area contributed by atoms with Gasteiger partial charge in [0.25, 0.3) is 0 Å². The van der Waals surface area contributed by atoms with Crippen LogP contribution >= 0.6 is 0 Å². The summed E-state index contributed by atoms with van der Waals surface area (Å²) < 4.78 is 0. The fraction of sp³-hybridized carbons (Fsp3) is 0.800. The quantitative estimate of drug-likeness (QED) is 0.660. The first kappa shape index (κ1) is 8.63. The number of allylic oxidation sites excluding steroid dienone is 1. The summed E-state index contributed by atoms with van der Waals surface area (Å²) in [6.07, 6.45) is 11.3. The molecule has 0 heterocycles. The predicted molar refractivity (Wildman–Crippen MR) is 51.5 cm³/mol. The third-order valence-electron chi connectivity index (χ3n) is 2.42. The van der Waals surface area contributed by atoms with Crippen LogP contribution in [0.15, 0.2) is 12.3 Å². The Bertz CT molecular complexity index is 117. The van der Waals surface area contributed by atoms with Crippen LogP contribution in [0.3, 0.4) is 0 Å². The molecule has 1 saturated carbocycles. The van der Waals surface area contributed by atoms with Crippen LogP contribution in [0.5, 0.6) is 0 Å². The summed E-state index contributed by atoms with van der Waals surface area (Å²) >= 11 is 0. The van der Waals surface area contributed by atoms with Crippen molar-refractivity contribution < 1.29 is 1.43 Å². The van der Waals surface area contributed by atoms with Gasteiger partial charge in [-0.3, -0.25) is 0 Å². The van der Waals surface area contributed by atoms with E-state index in [-0.39, 0.29) is 1.43 Å². The summed E-state index contributed by atoms with van der Waals surface area (Å²) in [5, 5.41) is 3.32. The summed E-state index contributed by atoms with van der Waals surface area (Å²) in [6.45, 7) is 3.23. The fourth-order valence-electron chi connectivity index (χ4n) is 1.74. The highest BCUT2D eigenvalue weighted by Gasteiger charge is 2.11. The number of hydrogen-bond donors (Lipinski definition) is 1. The van der Waals surface area contributed by atoms with Crippen LogP contribution in [0, 0.1) is 5.92 Å². The molecule has 0 unspecified atom stereocenters. The van der Waals surface area contributed by atoms with Gasteiger partial charge in [-0.2, -0.15) is 0 Å². The molecule has 1 nitrogen and oxygen atoms in total. The SMILES string of the molecule is C/C=C/NCC1CCCCC1.[HH]. The maximum absolute atomic E-state index is 3.32. The lowest BCUT2D eigenvalue weighted by Crippen LogP contribution is -2.20. The first-order valence-electron chi connectivity index (χ1n) is 4.78. The highest BCUT2D eigenvalue weighted by Crippen LogP contribution is 2.22. The zero-order valence-corrected chi connectivity index (χ0v) is 7.47.